The molecule has 108 valence electrons. The van der Waals surface area contributed by atoms with Gasteiger partial charge in [-0.15, -0.1) is 11.3 Å². The molecule has 0 radical (unpaired) electrons. The van der Waals surface area contributed by atoms with Gasteiger partial charge in [-0.2, -0.15) is 0 Å². The maximum Gasteiger partial charge on any atom is 0.224 e. The van der Waals surface area contributed by atoms with Crippen molar-refractivity contribution in [2.24, 2.45) is 5.73 Å². The molecule has 0 bridgehead atoms. The van der Waals surface area contributed by atoms with E-state index < -0.39 is 0 Å². The number of nitrogens with two attached hydrogens (primary N) is 1. The van der Waals surface area contributed by atoms with Crippen molar-refractivity contribution in [3.63, 3.8) is 0 Å². The molecule has 2 aromatic rings. The first-order chi connectivity index (χ1) is 10.2. The fraction of sp³-hybridized carbons (Fsp3) is 0.235. The van der Waals surface area contributed by atoms with Crippen molar-refractivity contribution in [3.05, 3.63) is 57.3 Å². The van der Waals surface area contributed by atoms with E-state index in [4.69, 9.17) is 5.73 Å². The van der Waals surface area contributed by atoms with E-state index >= 15 is 0 Å². The van der Waals surface area contributed by atoms with Crippen LogP contribution in [0, 0.1) is 18.8 Å². The van der Waals surface area contributed by atoms with E-state index in [0.29, 0.717) is 19.5 Å². The second-order valence-electron chi connectivity index (χ2n) is 4.69. The molecule has 0 saturated heterocycles. The van der Waals surface area contributed by atoms with Crippen molar-refractivity contribution >= 4 is 17.2 Å². The minimum absolute atomic E-state index is 0.0345. The summed E-state index contributed by atoms with van der Waals surface area (Å²) in [7, 11) is 0. The van der Waals surface area contributed by atoms with Gasteiger partial charge in [-0.05, 0) is 24.1 Å². The van der Waals surface area contributed by atoms with Crippen molar-refractivity contribution in [2.75, 3.05) is 6.54 Å². The van der Waals surface area contributed by atoms with Crippen molar-refractivity contribution in [1.82, 2.24) is 5.32 Å². The van der Waals surface area contributed by atoms with E-state index in [1.54, 1.807) is 11.3 Å². The third-order valence-electron chi connectivity index (χ3n) is 3.06. The molecule has 1 heterocycles. The first-order valence-corrected chi connectivity index (χ1v) is 7.64. The number of carbonyl (C=O) groups excluding carboxylic acids is 1. The minimum atomic E-state index is 0.0345. The van der Waals surface area contributed by atoms with Crippen LogP contribution >= 0.6 is 11.3 Å². The van der Waals surface area contributed by atoms with Gasteiger partial charge in [0.1, 0.15) is 0 Å². The Hall–Kier alpha value is -2.09. The molecule has 0 saturated carbocycles. The highest BCUT2D eigenvalue weighted by Crippen LogP contribution is 2.14. The molecule has 1 aromatic heterocycles. The van der Waals surface area contributed by atoms with E-state index in [-0.39, 0.29) is 5.91 Å². The summed E-state index contributed by atoms with van der Waals surface area (Å²) in [6.45, 7) is 2.92. The first kappa shape index (κ1) is 15.3. The minimum Gasteiger partial charge on any atom is -0.351 e. The van der Waals surface area contributed by atoms with Crippen LogP contribution in [-0.4, -0.2) is 12.5 Å². The van der Waals surface area contributed by atoms with E-state index in [0.717, 1.165) is 21.6 Å². The van der Waals surface area contributed by atoms with Crippen LogP contribution in [0.3, 0.4) is 0 Å². The quantitative estimate of drug-likeness (QED) is 0.851. The molecule has 2 rings (SSSR count). The molecular weight excluding hydrogens is 280 g/mol. The average Bonchev–Trinajstić information content (AvgIpc) is 2.93. The number of hydrogen-bond donors (Lipinski definition) is 2. The van der Waals surface area contributed by atoms with Crippen molar-refractivity contribution in [1.29, 1.82) is 0 Å². The number of amides is 1. The molecule has 1 aromatic carbocycles. The molecule has 0 aliphatic rings. The molecule has 0 fully saturated rings. The number of nitrogens with one attached hydrogen (secondary N) is 1. The number of carbonyl (C=O) groups is 1. The van der Waals surface area contributed by atoms with Gasteiger partial charge in [0.05, 0.1) is 19.5 Å². The molecule has 3 nitrogen and oxygen atoms in total. The standard InChI is InChI=1S/C17H18N2OS/c1-13-5-2-3-7-15(13)10-17(20)19-11-16-9-14(12-21-16)6-4-8-18/h2-3,5,7,9,12H,8,10-11,18H2,1H3,(H,19,20). The highest BCUT2D eigenvalue weighted by molar-refractivity contribution is 7.10. The third-order valence-corrected chi connectivity index (χ3v) is 4.00. The van der Waals surface area contributed by atoms with E-state index in [2.05, 4.69) is 17.2 Å². The fourth-order valence-corrected chi connectivity index (χ4v) is 2.68. The molecule has 0 spiro atoms. The van der Waals surface area contributed by atoms with Gasteiger partial charge in [0, 0.05) is 15.8 Å². The molecule has 4 heteroatoms. The van der Waals surface area contributed by atoms with E-state index in [1.807, 2.05) is 42.6 Å². The van der Waals surface area contributed by atoms with Gasteiger partial charge in [0.25, 0.3) is 0 Å². The van der Waals surface area contributed by atoms with Crippen molar-refractivity contribution in [3.8, 4) is 11.8 Å². The molecule has 21 heavy (non-hydrogen) atoms. The van der Waals surface area contributed by atoms with Crippen LogP contribution in [-0.2, 0) is 17.8 Å². The monoisotopic (exact) mass is 298 g/mol. The zero-order chi connectivity index (χ0) is 15.1. The van der Waals surface area contributed by atoms with Crippen LogP contribution in [0.15, 0.2) is 35.7 Å². The van der Waals surface area contributed by atoms with Crippen LogP contribution in [0.2, 0.25) is 0 Å². The first-order valence-electron chi connectivity index (χ1n) is 6.76. The summed E-state index contributed by atoms with van der Waals surface area (Å²) in [4.78, 5) is 13.1. The topological polar surface area (TPSA) is 55.1 Å². The highest BCUT2D eigenvalue weighted by atomic mass is 32.1. The number of thiophene rings is 1. The summed E-state index contributed by atoms with van der Waals surface area (Å²) in [5.74, 6) is 5.84. The largest absolute Gasteiger partial charge is 0.351 e. The zero-order valence-electron chi connectivity index (χ0n) is 12.0. The lowest BCUT2D eigenvalue weighted by molar-refractivity contribution is -0.120. The Labute approximate surface area is 129 Å². The summed E-state index contributed by atoms with van der Waals surface area (Å²) >= 11 is 1.59. The van der Waals surface area contributed by atoms with Gasteiger partial charge in [-0.3, -0.25) is 4.79 Å². The Morgan fingerprint density at radius 2 is 2.19 bits per heavy atom. The van der Waals surface area contributed by atoms with Gasteiger partial charge in [-0.1, -0.05) is 36.1 Å². The van der Waals surface area contributed by atoms with E-state index in [9.17, 15) is 4.79 Å². The molecule has 0 aliphatic carbocycles. The Kier molecular flexibility index (Phi) is 5.56. The second-order valence-corrected chi connectivity index (χ2v) is 5.68. The zero-order valence-corrected chi connectivity index (χ0v) is 12.8. The molecule has 3 N–H and O–H groups in total. The van der Waals surface area contributed by atoms with Crippen LogP contribution < -0.4 is 11.1 Å². The summed E-state index contributed by atoms with van der Waals surface area (Å²) in [6, 6.07) is 9.93. The average molecular weight is 298 g/mol. The molecular formula is C17H18N2OS. The molecule has 0 unspecified atom stereocenters. The number of benzene rings is 1. The van der Waals surface area contributed by atoms with Crippen molar-refractivity contribution < 1.29 is 4.79 Å². The molecule has 1 amide bonds. The summed E-state index contributed by atoms with van der Waals surface area (Å²) < 4.78 is 0. The summed E-state index contributed by atoms with van der Waals surface area (Å²) in [6.07, 6.45) is 0.415. The number of hydrogen-bond acceptors (Lipinski definition) is 3. The van der Waals surface area contributed by atoms with Gasteiger partial charge < -0.3 is 11.1 Å². The third kappa shape index (κ3) is 4.75. The lowest BCUT2D eigenvalue weighted by Gasteiger charge is -2.06. The number of rotatable bonds is 4. The van der Waals surface area contributed by atoms with Gasteiger partial charge >= 0.3 is 0 Å². The predicted molar refractivity (Wildman–Crippen MR) is 87.0 cm³/mol. The second kappa shape index (κ2) is 7.63. The fourth-order valence-electron chi connectivity index (χ4n) is 1.92. The lowest BCUT2D eigenvalue weighted by atomic mass is 10.1. The van der Waals surface area contributed by atoms with Gasteiger partial charge in [0.15, 0.2) is 0 Å². The Balaban J connectivity index is 1.87. The SMILES string of the molecule is Cc1ccccc1CC(=O)NCc1cc(C#CCN)cs1. The molecule has 0 atom stereocenters. The van der Waals surface area contributed by atoms with Gasteiger partial charge in [0.2, 0.25) is 5.91 Å². The van der Waals surface area contributed by atoms with E-state index in [1.165, 1.54) is 0 Å². The van der Waals surface area contributed by atoms with Gasteiger partial charge in [-0.25, -0.2) is 0 Å². The number of aryl methyl sites for hydroxylation is 1. The Morgan fingerprint density at radius 1 is 1.38 bits per heavy atom. The Morgan fingerprint density at radius 3 is 2.95 bits per heavy atom. The summed E-state index contributed by atoms with van der Waals surface area (Å²) in [5.41, 5.74) is 8.50. The molecule has 0 aliphatic heterocycles. The van der Waals surface area contributed by atoms with Crippen LogP contribution in [0.1, 0.15) is 21.6 Å². The summed E-state index contributed by atoms with van der Waals surface area (Å²) in [5, 5.41) is 4.92. The van der Waals surface area contributed by atoms with Crippen molar-refractivity contribution in [2.45, 2.75) is 19.9 Å². The lowest BCUT2D eigenvalue weighted by Crippen LogP contribution is -2.24. The van der Waals surface area contributed by atoms with Crippen LogP contribution in [0.4, 0.5) is 0 Å². The Bertz CT molecular complexity index is 679. The van der Waals surface area contributed by atoms with Crippen LogP contribution in [0.5, 0.6) is 0 Å². The predicted octanol–water partition coefficient (Wildman–Crippen LogP) is 2.23. The highest BCUT2D eigenvalue weighted by Gasteiger charge is 2.06. The smallest absolute Gasteiger partial charge is 0.224 e. The normalized spacial score (nSPS) is 9.81. The maximum atomic E-state index is 12.0. The maximum absolute atomic E-state index is 12.0. The van der Waals surface area contributed by atoms with Crippen LogP contribution in [0.25, 0.3) is 0 Å².